The van der Waals surface area contributed by atoms with Crippen molar-refractivity contribution in [1.82, 2.24) is 25.4 Å². The van der Waals surface area contributed by atoms with Crippen molar-refractivity contribution < 1.29 is 9.59 Å². The van der Waals surface area contributed by atoms with Gasteiger partial charge in [0.25, 0.3) is 0 Å². The van der Waals surface area contributed by atoms with E-state index < -0.39 is 6.04 Å². The van der Waals surface area contributed by atoms with Crippen molar-refractivity contribution in [2.24, 2.45) is 0 Å². The van der Waals surface area contributed by atoms with Crippen LogP contribution in [0.5, 0.6) is 0 Å². The summed E-state index contributed by atoms with van der Waals surface area (Å²) < 4.78 is 0. The molecule has 2 atom stereocenters. The topological polar surface area (TPSA) is 89.6 Å². The first kappa shape index (κ1) is 17.1. The second kappa shape index (κ2) is 6.54. The Morgan fingerprint density at radius 1 is 1.25 bits per heavy atom. The van der Waals surface area contributed by atoms with Crippen molar-refractivity contribution in [2.45, 2.75) is 44.3 Å². The lowest BCUT2D eigenvalue weighted by molar-refractivity contribution is -0.122. The zero-order chi connectivity index (χ0) is 19.3. The molecule has 28 heavy (non-hydrogen) atoms. The van der Waals surface area contributed by atoms with E-state index in [1.54, 1.807) is 17.2 Å². The Morgan fingerprint density at radius 3 is 2.86 bits per heavy atom. The van der Waals surface area contributed by atoms with Gasteiger partial charge in [-0.1, -0.05) is 12.1 Å². The molecule has 0 aromatic carbocycles. The summed E-state index contributed by atoms with van der Waals surface area (Å²) in [7, 11) is 0. The van der Waals surface area contributed by atoms with Gasteiger partial charge < -0.3 is 15.5 Å². The molecule has 0 radical (unpaired) electrons. The molecule has 4 heterocycles. The van der Waals surface area contributed by atoms with E-state index in [4.69, 9.17) is 0 Å². The lowest BCUT2D eigenvalue weighted by Crippen LogP contribution is -2.56. The smallest absolute Gasteiger partial charge is 0.328 e. The predicted octanol–water partition coefficient (Wildman–Crippen LogP) is 1.29. The van der Waals surface area contributed by atoms with Gasteiger partial charge >= 0.3 is 6.03 Å². The molecule has 1 unspecified atom stereocenters. The van der Waals surface area contributed by atoms with Crippen molar-refractivity contribution in [1.29, 1.82) is 0 Å². The molecule has 4 aliphatic rings. The normalized spacial score (nSPS) is 25.3. The number of hydrogen-bond acceptors (Lipinski definition) is 5. The van der Waals surface area contributed by atoms with Crippen LogP contribution in [0.1, 0.15) is 24.8 Å². The van der Waals surface area contributed by atoms with Gasteiger partial charge in [0.15, 0.2) is 0 Å². The predicted molar refractivity (Wildman–Crippen MR) is 104 cm³/mol. The van der Waals surface area contributed by atoms with Gasteiger partial charge in [0.1, 0.15) is 17.7 Å². The van der Waals surface area contributed by atoms with Gasteiger partial charge in [-0.05, 0) is 43.9 Å². The summed E-state index contributed by atoms with van der Waals surface area (Å²) in [6.07, 6.45) is 8.57. The molecule has 8 nitrogen and oxygen atoms in total. The molecule has 5 rings (SSSR count). The number of allylic oxidation sites excluding steroid dienone is 1. The lowest BCUT2D eigenvalue weighted by atomic mass is 10.1. The van der Waals surface area contributed by atoms with E-state index >= 15 is 0 Å². The van der Waals surface area contributed by atoms with Gasteiger partial charge in [-0.3, -0.25) is 15.0 Å². The number of aryl methyl sites for hydroxylation is 1. The van der Waals surface area contributed by atoms with Crippen LogP contribution in [0, 0.1) is 6.92 Å². The van der Waals surface area contributed by atoms with E-state index in [0.29, 0.717) is 17.7 Å². The number of hydrogen-bond donors (Lipinski definition) is 3. The first-order chi connectivity index (χ1) is 13.6. The third-order valence-electron chi connectivity index (χ3n) is 5.66. The average molecular weight is 380 g/mol. The molecular weight excluding hydrogens is 356 g/mol. The number of carbonyl (C=O) groups is 2. The van der Waals surface area contributed by atoms with Crippen LogP contribution in [0.4, 0.5) is 10.6 Å². The van der Waals surface area contributed by atoms with E-state index in [1.807, 2.05) is 25.1 Å². The Bertz CT molecular complexity index is 873. The van der Waals surface area contributed by atoms with Crippen LogP contribution >= 0.6 is 0 Å². The van der Waals surface area contributed by atoms with Crippen LogP contribution in [0.15, 0.2) is 42.0 Å². The molecule has 8 heteroatoms. The van der Waals surface area contributed by atoms with Gasteiger partial charge in [0, 0.05) is 25.3 Å². The van der Waals surface area contributed by atoms with Gasteiger partial charge in [-0.15, -0.1) is 0 Å². The summed E-state index contributed by atoms with van der Waals surface area (Å²) in [5, 5.41) is 9.23. The molecule has 0 spiro atoms. The van der Waals surface area contributed by atoms with E-state index in [9.17, 15) is 9.59 Å². The van der Waals surface area contributed by atoms with Gasteiger partial charge in [0.2, 0.25) is 5.91 Å². The number of pyridine rings is 1. The standard InChI is InChI=1S/C20H24N6O2/c1-12-2-7-17(21-10-12)24-20(28)26-14-8-9-25(11-14)16-6-5-15(23-18(16)26)19(27)22-13-3-4-13/h2,5-7,10,13-15,23H,3-4,8-9,11H2,1H3,(H,22,27)(H,21,24,28)/t14-,15?/m0/s1. The molecule has 3 amide bonds. The highest BCUT2D eigenvalue weighted by Gasteiger charge is 2.42. The SMILES string of the molecule is Cc1ccc(NC(=O)N2C3=C(C=CC(C(=O)NC4CC4)N3)N3CC[C@H]2C3)nc1. The van der Waals surface area contributed by atoms with E-state index in [2.05, 4.69) is 25.8 Å². The van der Waals surface area contributed by atoms with E-state index in [1.165, 1.54) is 0 Å². The fraction of sp³-hybridized carbons (Fsp3) is 0.450. The van der Waals surface area contributed by atoms with Crippen LogP contribution in [-0.4, -0.2) is 57.9 Å². The summed E-state index contributed by atoms with van der Waals surface area (Å²) in [6, 6.07) is 3.41. The molecule has 1 saturated carbocycles. The number of nitrogens with zero attached hydrogens (tertiary/aromatic N) is 3. The summed E-state index contributed by atoms with van der Waals surface area (Å²) in [6.45, 7) is 3.66. The van der Waals surface area contributed by atoms with Crippen molar-refractivity contribution in [3.8, 4) is 0 Å². The van der Waals surface area contributed by atoms with Crippen LogP contribution in [0.25, 0.3) is 0 Å². The molecule has 2 fully saturated rings. The Balaban J connectivity index is 1.38. The lowest BCUT2D eigenvalue weighted by Gasteiger charge is -2.40. The van der Waals surface area contributed by atoms with Crippen molar-refractivity contribution in [3.63, 3.8) is 0 Å². The van der Waals surface area contributed by atoms with Gasteiger partial charge in [-0.2, -0.15) is 0 Å². The van der Waals surface area contributed by atoms with E-state index in [-0.39, 0.29) is 18.0 Å². The largest absolute Gasteiger partial charge is 0.366 e. The highest BCUT2D eigenvalue weighted by Crippen LogP contribution is 2.33. The minimum Gasteiger partial charge on any atom is -0.366 e. The molecule has 2 bridgehead atoms. The maximum absolute atomic E-state index is 13.1. The molecular formula is C20H24N6O2. The maximum atomic E-state index is 13.1. The third kappa shape index (κ3) is 3.08. The first-order valence-corrected chi connectivity index (χ1v) is 9.86. The summed E-state index contributed by atoms with van der Waals surface area (Å²) in [5.41, 5.74) is 2.01. The average Bonchev–Trinajstić information content (AvgIpc) is 3.41. The quantitative estimate of drug-likeness (QED) is 0.735. The molecule has 1 saturated heterocycles. The van der Waals surface area contributed by atoms with Crippen LogP contribution in [0.3, 0.4) is 0 Å². The number of aromatic nitrogens is 1. The van der Waals surface area contributed by atoms with Crippen LogP contribution in [0.2, 0.25) is 0 Å². The third-order valence-corrected chi connectivity index (χ3v) is 5.66. The first-order valence-electron chi connectivity index (χ1n) is 9.86. The molecule has 3 aliphatic heterocycles. The fourth-order valence-corrected chi connectivity index (χ4v) is 3.99. The Kier molecular flexibility index (Phi) is 3.99. The Labute approximate surface area is 163 Å². The summed E-state index contributed by atoms with van der Waals surface area (Å²) >= 11 is 0. The second-order valence-corrected chi connectivity index (χ2v) is 7.91. The monoisotopic (exact) mass is 380 g/mol. The van der Waals surface area contributed by atoms with Crippen molar-refractivity contribution in [3.05, 3.63) is 47.6 Å². The number of rotatable bonds is 3. The number of anilines is 1. The molecule has 1 aliphatic carbocycles. The fourth-order valence-electron chi connectivity index (χ4n) is 3.99. The van der Waals surface area contributed by atoms with E-state index in [0.717, 1.165) is 43.6 Å². The molecule has 146 valence electrons. The molecule has 3 N–H and O–H groups in total. The van der Waals surface area contributed by atoms with Gasteiger partial charge in [0.05, 0.1) is 11.7 Å². The number of urea groups is 1. The number of carbonyl (C=O) groups excluding carboxylic acids is 2. The minimum absolute atomic E-state index is 0.0428. The second-order valence-electron chi connectivity index (χ2n) is 7.91. The summed E-state index contributed by atoms with van der Waals surface area (Å²) in [5.74, 6) is 1.18. The van der Waals surface area contributed by atoms with Crippen molar-refractivity contribution >= 4 is 17.8 Å². The van der Waals surface area contributed by atoms with Crippen molar-refractivity contribution in [2.75, 3.05) is 18.4 Å². The number of amides is 3. The Morgan fingerprint density at radius 2 is 2.11 bits per heavy atom. The number of fused-ring (bicyclic) bond motifs is 3. The van der Waals surface area contributed by atoms with Gasteiger partial charge in [-0.25, -0.2) is 9.78 Å². The highest BCUT2D eigenvalue weighted by molar-refractivity contribution is 5.91. The number of dihydropyridines is 1. The zero-order valence-corrected chi connectivity index (χ0v) is 15.8. The highest BCUT2D eigenvalue weighted by atomic mass is 16.2. The maximum Gasteiger partial charge on any atom is 0.328 e. The zero-order valence-electron chi connectivity index (χ0n) is 15.8. The van der Waals surface area contributed by atoms with Crippen LogP contribution < -0.4 is 16.0 Å². The van der Waals surface area contributed by atoms with Crippen LogP contribution in [-0.2, 0) is 4.79 Å². The molecule has 1 aromatic rings. The summed E-state index contributed by atoms with van der Waals surface area (Å²) in [4.78, 5) is 33.9. The number of nitrogens with one attached hydrogen (secondary N) is 3. The minimum atomic E-state index is -0.467. The Hall–Kier alpha value is -3.03. The molecule has 1 aromatic heterocycles.